The molecule has 1 aromatic heterocycles. The molecule has 3 rings (SSSR count). The van der Waals surface area contributed by atoms with Gasteiger partial charge in [-0.05, 0) is 37.1 Å². The van der Waals surface area contributed by atoms with Crippen LogP contribution in [0.25, 0.3) is 0 Å². The van der Waals surface area contributed by atoms with Crippen molar-refractivity contribution in [2.45, 2.75) is 26.3 Å². The van der Waals surface area contributed by atoms with E-state index < -0.39 is 11.8 Å². The van der Waals surface area contributed by atoms with Gasteiger partial charge in [0.25, 0.3) is 11.8 Å². The van der Waals surface area contributed by atoms with Gasteiger partial charge in [-0.2, -0.15) is 20.2 Å². The highest BCUT2D eigenvalue weighted by molar-refractivity contribution is 6.28. The number of hydrogen-bond donors (Lipinski definition) is 1. The van der Waals surface area contributed by atoms with E-state index in [9.17, 15) is 14.9 Å². The third-order valence-electron chi connectivity index (χ3n) is 4.11. The molecule has 1 aliphatic rings. The van der Waals surface area contributed by atoms with E-state index in [-0.39, 0.29) is 29.9 Å². The third kappa shape index (κ3) is 3.66. The largest absolute Gasteiger partial charge is 0.352 e. The van der Waals surface area contributed by atoms with Crippen LogP contribution < -0.4 is 10.2 Å². The minimum atomic E-state index is -0.478. The van der Waals surface area contributed by atoms with Crippen molar-refractivity contribution in [2.24, 2.45) is 0 Å². The number of benzene rings is 1. The molecule has 1 aromatic carbocycles. The predicted molar refractivity (Wildman–Crippen MR) is 98.1 cm³/mol. The summed E-state index contributed by atoms with van der Waals surface area (Å²) in [6.07, 6.45) is 2.71. The first-order valence-corrected chi connectivity index (χ1v) is 8.63. The molecule has 0 bridgehead atoms. The molecule has 2 amide bonds. The summed E-state index contributed by atoms with van der Waals surface area (Å²) in [6.45, 7) is 3.61. The van der Waals surface area contributed by atoms with Crippen LogP contribution in [0.5, 0.6) is 0 Å². The summed E-state index contributed by atoms with van der Waals surface area (Å²) in [5, 5.41) is 12.4. The molecule has 27 heavy (non-hydrogen) atoms. The number of anilines is 2. The summed E-state index contributed by atoms with van der Waals surface area (Å²) in [7, 11) is 0. The van der Waals surface area contributed by atoms with Crippen molar-refractivity contribution in [3.8, 4) is 6.19 Å². The maximum atomic E-state index is 12.5. The molecule has 10 heteroatoms. The standard InChI is InChI=1S/C17H16ClN7O2/c1-3-10(2)20-16-21-15(18)22-17(23-16)24(8-19)9-25-13(26)11-6-4-5-7-12(11)14(25)27/h4-7,10H,3,9H2,1-2H3,(H,20,21,22,23). The molecule has 9 nitrogen and oxygen atoms in total. The van der Waals surface area contributed by atoms with Crippen molar-refractivity contribution in [1.82, 2.24) is 19.9 Å². The minimum Gasteiger partial charge on any atom is -0.352 e. The third-order valence-corrected chi connectivity index (χ3v) is 4.28. The molecule has 138 valence electrons. The molecule has 2 aromatic rings. The van der Waals surface area contributed by atoms with E-state index in [4.69, 9.17) is 11.6 Å². The zero-order valence-corrected chi connectivity index (χ0v) is 15.4. The number of nitrogens with one attached hydrogen (secondary N) is 1. The number of carbonyl (C=O) groups excluding carboxylic acids is 2. The van der Waals surface area contributed by atoms with Crippen LogP contribution in [0.1, 0.15) is 41.0 Å². The second kappa shape index (κ2) is 7.55. The minimum absolute atomic E-state index is 0.0557. The van der Waals surface area contributed by atoms with Crippen LogP contribution in [-0.2, 0) is 0 Å². The highest BCUT2D eigenvalue weighted by Gasteiger charge is 2.36. The van der Waals surface area contributed by atoms with Crippen LogP contribution in [0.4, 0.5) is 11.9 Å². The number of nitriles is 1. The Hall–Kier alpha value is -3.25. The molecule has 0 fully saturated rings. The lowest BCUT2D eigenvalue weighted by Gasteiger charge is -2.21. The number of aromatic nitrogens is 3. The number of imide groups is 1. The fourth-order valence-corrected chi connectivity index (χ4v) is 2.65. The zero-order valence-electron chi connectivity index (χ0n) is 14.7. The molecular formula is C17H16ClN7O2. The summed E-state index contributed by atoms with van der Waals surface area (Å²) in [5.41, 5.74) is 0.599. The zero-order chi connectivity index (χ0) is 19.6. The Morgan fingerprint density at radius 3 is 2.41 bits per heavy atom. The SMILES string of the molecule is CCC(C)Nc1nc(Cl)nc(N(C#N)CN2C(=O)c3ccccc3C2=O)n1. The summed E-state index contributed by atoms with van der Waals surface area (Å²) in [5.74, 6) is -0.801. The van der Waals surface area contributed by atoms with Crippen molar-refractivity contribution in [2.75, 3.05) is 16.9 Å². The molecule has 0 radical (unpaired) electrons. The van der Waals surface area contributed by atoms with Crippen LogP contribution in [0.3, 0.4) is 0 Å². The van der Waals surface area contributed by atoms with Gasteiger partial charge in [0.1, 0.15) is 6.67 Å². The van der Waals surface area contributed by atoms with Gasteiger partial charge in [-0.25, -0.2) is 4.90 Å². The van der Waals surface area contributed by atoms with Crippen LogP contribution in [0, 0.1) is 11.5 Å². The van der Waals surface area contributed by atoms with Crippen molar-refractivity contribution in [3.63, 3.8) is 0 Å². The molecule has 1 atom stereocenters. The highest BCUT2D eigenvalue weighted by Crippen LogP contribution is 2.23. The second-order valence-corrected chi connectivity index (χ2v) is 6.27. The lowest BCUT2D eigenvalue weighted by Crippen LogP contribution is -2.40. The molecule has 2 heterocycles. The quantitative estimate of drug-likeness (QED) is 0.457. The Morgan fingerprint density at radius 1 is 1.22 bits per heavy atom. The first-order valence-electron chi connectivity index (χ1n) is 8.25. The monoisotopic (exact) mass is 385 g/mol. The lowest BCUT2D eigenvalue weighted by molar-refractivity contribution is 0.0658. The van der Waals surface area contributed by atoms with Crippen LogP contribution in [-0.4, -0.2) is 44.4 Å². The number of carbonyl (C=O) groups is 2. The van der Waals surface area contributed by atoms with E-state index in [1.165, 1.54) is 0 Å². The highest BCUT2D eigenvalue weighted by atomic mass is 35.5. The fourth-order valence-electron chi connectivity index (χ4n) is 2.50. The summed E-state index contributed by atoms with van der Waals surface area (Å²) in [4.78, 5) is 39.0. The molecule has 1 aliphatic heterocycles. The number of rotatable bonds is 6. The Balaban J connectivity index is 1.86. The summed E-state index contributed by atoms with van der Waals surface area (Å²) >= 11 is 5.94. The first-order chi connectivity index (χ1) is 12.9. The molecule has 0 saturated heterocycles. The smallest absolute Gasteiger partial charge is 0.263 e. The molecule has 0 saturated carbocycles. The number of hydrogen-bond acceptors (Lipinski definition) is 8. The van der Waals surface area contributed by atoms with E-state index in [0.29, 0.717) is 11.1 Å². The average molecular weight is 386 g/mol. The number of amides is 2. The van der Waals surface area contributed by atoms with Gasteiger partial charge in [-0.15, -0.1) is 0 Å². The van der Waals surface area contributed by atoms with Crippen molar-refractivity contribution in [3.05, 3.63) is 40.7 Å². The lowest BCUT2D eigenvalue weighted by atomic mass is 10.1. The van der Waals surface area contributed by atoms with E-state index >= 15 is 0 Å². The van der Waals surface area contributed by atoms with Gasteiger partial charge in [0.2, 0.25) is 17.2 Å². The van der Waals surface area contributed by atoms with Gasteiger partial charge in [0.05, 0.1) is 11.1 Å². The Morgan fingerprint density at radius 2 is 1.85 bits per heavy atom. The topological polar surface area (TPSA) is 115 Å². The van der Waals surface area contributed by atoms with Gasteiger partial charge in [-0.3, -0.25) is 14.5 Å². The molecule has 1 unspecified atom stereocenters. The molecular weight excluding hydrogens is 370 g/mol. The number of halogens is 1. The van der Waals surface area contributed by atoms with E-state index in [1.54, 1.807) is 24.3 Å². The number of fused-ring (bicyclic) bond motifs is 1. The van der Waals surface area contributed by atoms with Gasteiger partial charge >= 0.3 is 0 Å². The Labute approximate surface area is 160 Å². The van der Waals surface area contributed by atoms with Gasteiger partial charge < -0.3 is 5.32 Å². The Bertz CT molecular complexity index is 908. The van der Waals surface area contributed by atoms with Crippen molar-refractivity contribution >= 4 is 35.3 Å². The van der Waals surface area contributed by atoms with E-state index in [2.05, 4.69) is 20.3 Å². The maximum absolute atomic E-state index is 12.5. The van der Waals surface area contributed by atoms with Gasteiger partial charge in [0.15, 0.2) is 6.19 Å². The van der Waals surface area contributed by atoms with Crippen molar-refractivity contribution in [1.29, 1.82) is 5.26 Å². The van der Waals surface area contributed by atoms with E-state index in [1.807, 2.05) is 20.0 Å². The average Bonchev–Trinajstić information content (AvgIpc) is 2.90. The maximum Gasteiger partial charge on any atom is 0.263 e. The summed E-state index contributed by atoms with van der Waals surface area (Å²) < 4.78 is 0. The van der Waals surface area contributed by atoms with Crippen molar-refractivity contribution < 1.29 is 9.59 Å². The van der Waals surface area contributed by atoms with Gasteiger partial charge in [0, 0.05) is 6.04 Å². The first kappa shape index (κ1) is 18.5. The normalized spacial score (nSPS) is 13.9. The summed E-state index contributed by atoms with van der Waals surface area (Å²) in [6, 6.07) is 6.58. The van der Waals surface area contributed by atoms with Crippen LogP contribution in [0.15, 0.2) is 24.3 Å². The molecule has 0 aliphatic carbocycles. The van der Waals surface area contributed by atoms with Crippen LogP contribution >= 0.6 is 11.6 Å². The Kier molecular flexibility index (Phi) is 5.19. The fraction of sp³-hybridized carbons (Fsp3) is 0.294. The van der Waals surface area contributed by atoms with Gasteiger partial charge in [-0.1, -0.05) is 19.1 Å². The molecule has 0 spiro atoms. The van der Waals surface area contributed by atoms with Crippen LogP contribution in [0.2, 0.25) is 5.28 Å². The second-order valence-electron chi connectivity index (χ2n) is 5.94. The number of nitrogens with zero attached hydrogens (tertiary/aromatic N) is 6. The predicted octanol–water partition coefficient (Wildman–Crippen LogP) is 2.28. The molecule has 1 N–H and O–H groups in total. The van der Waals surface area contributed by atoms with E-state index in [0.717, 1.165) is 16.2 Å².